The number of ketones is 2. The monoisotopic (exact) mass is 528 g/mol. The minimum absolute atomic E-state index is 0.149. The number of rotatable bonds is 12. The van der Waals surface area contributed by atoms with E-state index in [-0.39, 0.29) is 24.8 Å². The molecule has 0 spiro atoms. The summed E-state index contributed by atoms with van der Waals surface area (Å²) in [4.78, 5) is 66.2. The van der Waals surface area contributed by atoms with Gasteiger partial charge in [0.2, 0.25) is 11.7 Å². The van der Waals surface area contributed by atoms with E-state index in [0.29, 0.717) is 52.0 Å². The van der Waals surface area contributed by atoms with Crippen LogP contribution in [0.3, 0.4) is 0 Å². The Labute approximate surface area is 224 Å². The molecule has 1 aromatic rings. The maximum atomic E-state index is 13.6. The summed E-state index contributed by atoms with van der Waals surface area (Å²) in [5, 5.41) is 8.16. The number of carbonyl (C=O) groups excluding carboxylic acids is 5. The Balaban J connectivity index is 1.63. The number of hydrogen-bond acceptors (Lipinski definition) is 6. The third-order valence-electron chi connectivity index (χ3n) is 7.17. The third kappa shape index (κ3) is 8.37. The van der Waals surface area contributed by atoms with Gasteiger partial charge in [-0.05, 0) is 24.8 Å². The lowest BCUT2D eigenvalue weighted by atomic mass is 9.80. The molecule has 2 fully saturated rings. The molecule has 10 heteroatoms. The van der Waals surface area contributed by atoms with E-state index < -0.39 is 29.2 Å². The van der Waals surface area contributed by atoms with Gasteiger partial charge in [0.05, 0.1) is 25.8 Å². The zero-order valence-corrected chi connectivity index (χ0v) is 22.3. The number of ether oxygens (including phenoxy) is 1. The molecule has 208 valence electrons. The summed E-state index contributed by atoms with van der Waals surface area (Å²) in [6.07, 6.45) is 5.27. The van der Waals surface area contributed by atoms with E-state index in [1.54, 1.807) is 4.90 Å². The van der Waals surface area contributed by atoms with E-state index in [0.717, 1.165) is 31.2 Å². The first-order valence-corrected chi connectivity index (χ1v) is 13.7. The average molecular weight is 529 g/mol. The van der Waals surface area contributed by atoms with E-state index in [1.807, 2.05) is 37.3 Å². The number of urea groups is 1. The Bertz CT molecular complexity index is 971. The topological polar surface area (TPSA) is 134 Å². The number of benzene rings is 1. The predicted molar refractivity (Wildman–Crippen MR) is 141 cm³/mol. The fourth-order valence-electron chi connectivity index (χ4n) is 4.90. The Hall–Kier alpha value is -3.27. The molecule has 4 amide bonds. The molecule has 1 aliphatic heterocycles. The molecule has 3 N–H and O–H groups in total. The van der Waals surface area contributed by atoms with Crippen LogP contribution in [0.4, 0.5) is 4.79 Å². The predicted octanol–water partition coefficient (Wildman–Crippen LogP) is 1.90. The highest BCUT2D eigenvalue weighted by molar-refractivity contribution is 6.38. The lowest BCUT2D eigenvalue weighted by Gasteiger charge is -2.39. The molecule has 3 rings (SSSR count). The third-order valence-corrected chi connectivity index (χ3v) is 7.17. The minimum Gasteiger partial charge on any atom is -0.378 e. The molecule has 1 saturated heterocycles. The van der Waals surface area contributed by atoms with Gasteiger partial charge in [-0.3, -0.25) is 19.2 Å². The van der Waals surface area contributed by atoms with Crippen molar-refractivity contribution in [2.45, 2.75) is 76.3 Å². The summed E-state index contributed by atoms with van der Waals surface area (Å²) in [7, 11) is 0. The number of carbonyl (C=O) groups is 5. The summed E-state index contributed by atoms with van der Waals surface area (Å²) >= 11 is 0. The summed E-state index contributed by atoms with van der Waals surface area (Å²) in [5.74, 6) is -2.35. The molecule has 1 aromatic carbocycles. The molecule has 0 unspecified atom stereocenters. The Morgan fingerprint density at radius 2 is 1.68 bits per heavy atom. The SMILES string of the molecule is CCCC[C@H](NC(=O)C1(NC(=O)N2CCOCC2)CCCCC1)C(=O)C(=O)NCC(=O)Cc1ccccc1. The number of unbranched alkanes of at least 4 members (excludes halogenated alkanes) is 1. The van der Waals surface area contributed by atoms with Crippen LogP contribution in [0.1, 0.15) is 63.9 Å². The first-order chi connectivity index (χ1) is 18.3. The van der Waals surface area contributed by atoms with Crippen LogP contribution in [-0.2, 0) is 30.3 Å². The largest absolute Gasteiger partial charge is 0.378 e. The van der Waals surface area contributed by atoms with Gasteiger partial charge >= 0.3 is 6.03 Å². The molecular weight excluding hydrogens is 488 g/mol. The van der Waals surface area contributed by atoms with Gasteiger partial charge in [0.15, 0.2) is 5.78 Å². The van der Waals surface area contributed by atoms with E-state index in [1.165, 1.54) is 0 Å². The lowest BCUT2D eigenvalue weighted by molar-refractivity contribution is -0.141. The second kappa shape index (κ2) is 14.6. The molecule has 1 saturated carbocycles. The second-order valence-electron chi connectivity index (χ2n) is 10.1. The number of nitrogens with zero attached hydrogens (tertiary/aromatic N) is 1. The van der Waals surface area contributed by atoms with Crippen molar-refractivity contribution in [3.63, 3.8) is 0 Å². The number of morpholine rings is 1. The van der Waals surface area contributed by atoms with Crippen LogP contribution in [0.15, 0.2) is 30.3 Å². The first-order valence-electron chi connectivity index (χ1n) is 13.7. The number of Topliss-reactive ketones (excluding diaryl/α,β-unsaturated/α-hetero) is 2. The summed E-state index contributed by atoms with van der Waals surface area (Å²) in [6, 6.07) is 7.79. The Morgan fingerprint density at radius 1 is 1.00 bits per heavy atom. The average Bonchev–Trinajstić information content (AvgIpc) is 2.95. The highest BCUT2D eigenvalue weighted by atomic mass is 16.5. The fraction of sp³-hybridized carbons (Fsp3) is 0.607. The van der Waals surface area contributed by atoms with Crippen molar-refractivity contribution in [1.29, 1.82) is 0 Å². The van der Waals surface area contributed by atoms with Crippen LogP contribution >= 0.6 is 0 Å². The van der Waals surface area contributed by atoms with Crippen LogP contribution in [0.25, 0.3) is 0 Å². The Kier molecular flexibility index (Phi) is 11.3. The number of nitrogens with one attached hydrogen (secondary N) is 3. The van der Waals surface area contributed by atoms with Gasteiger partial charge in [0, 0.05) is 19.5 Å². The van der Waals surface area contributed by atoms with Crippen LogP contribution in [-0.4, -0.2) is 78.7 Å². The standard InChI is InChI=1S/C28H40N4O6/c1-2-3-12-23(24(34)25(35)29-20-22(33)19-21-10-6-4-7-11-21)30-26(36)28(13-8-5-9-14-28)31-27(37)32-15-17-38-18-16-32/h4,6-7,10-11,23H,2-3,5,8-9,12-20H2,1H3,(H,29,35)(H,30,36)(H,31,37)/t23-/m0/s1. The molecule has 1 heterocycles. The molecule has 1 aliphatic carbocycles. The van der Waals surface area contributed by atoms with Gasteiger partial charge in [0.25, 0.3) is 5.91 Å². The van der Waals surface area contributed by atoms with Crippen molar-refractivity contribution in [3.8, 4) is 0 Å². The van der Waals surface area contributed by atoms with Crippen molar-refractivity contribution >= 4 is 29.4 Å². The zero-order valence-electron chi connectivity index (χ0n) is 22.3. The quantitative estimate of drug-likeness (QED) is 0.355. The smallest absolute Gasteiger partial charge is 0.318 e. The molecule has 10 nitrogen and oxygen atoms in total. The van der Waals surface area contributed by atoms with Crippen LogP contribution in [0.2, 0.25) is 0 Å². The molecular formula is C28H40N4O6. The van der Waals surface area contributed by atoms with Gasteiger partial charge in [0.1, 0.15) is 5.54 Å². The Morgan fingerprint density at radius 3 is 2.34 bits per heavy atom. The van der Waals surface area contributed by atoms with Crippen LogP contribution < -0.4 is 16.0 Å². The van der Waals surface area contributed by atoms with E-state index >= 15 is 0 Å². The van der Waals surface area contributed by atoms with Crippen molar-refractivity contribution in [2.75, 3.05) is 32.8 Å². The summed E-state index contributed by atoms with van der Waals surface area (Å²) < 4.78 is 5.32. The minimum atomic E-state index is -1.14. The number of hydrogen-bond donors (Lipinski definition) is 3. The van der Waals surface area contributed by atoms with Crippen molar-refractivity contribution in [3.05, 3.63) is 35.9 Å². The normalized spacial score (nSPS) is 17.7. The molecule has 0 radical (unpaired) electrons. The molecule has 0 aromatic heterocycles. The second-order valence-corrected chi connectivity index (χ2v) is 10.1. The van der Waals surface area contributed by atoms with Crippen molar-refractivity contribution in [1.82, 2.24) is 20.9 Å². The van der Waals surface area contributed by atoms with Gasteiger partial charge in [-0.25, -0.2) is 4.79 Å². The molecule has 2 aliphatic rings. The van der Waals surface area contributed by atoms with Crippen LogP contribution in [0.5, 0.6) is 0 Å². The van der Waals surface area contributed by atoms with Gasteiger partial charge < -0.3 is 25.6 Å². The van der Waals surface area contributed by atoms with E-state index in [4.69, 9.17) is 4.74 Å². The lowest BCUT2D eigenvalue weighted by Crippen LogP contribution is -2.64. The van der Waals surface area contributed by atoms with Gasteiger partial charge in [-0.1, -0.05) is 69.4 Å². The molecule has 1 atom stereocenters. The van der Waals surface area contributed by atoms with Gasteiger partial charge in [-0.15, -0.1) is 0 Å². The fourth-order valence-corrected chi connectivity index (χ4v) is 4.90. The first kappa shape index (κ1) is 29.3. The zero-order chi connectivity index (χ0) is 27.4. The maximum Gasteiger partial charge on any atom is 0.318 e. The van der Waals surface area contributed by atoms with E-state index in [9.17, 15) is 24.0 Å². The van der Waals surface area contributed by atoms with Crippen molar-refractivity contribution in [2.24, 2.45) is 0 Å². The molecule has 38 heavy (non-hydrogen) atoms. The summed E-state index contributed by atoms with van der Waals surface area (Å²) in [6.45, 7) is 3.48. The van der Waals surface area contributed by atoms with Crippen LogP contribution in [0, 0.1) is 0 Å². The summed E-state index contributed by atoms with van der Waals surface area (Å²) in [5.41, 5.74) is -0.316. The van der Waals surface area contributed by atoms with E-state index in [2.05, 4.69) is 16.0 Å². The number of amides is 4. The maximum absolute atomic E-state index is 13.6. The van der Waals surface area contributed by atoms with Crippen molar-refractivity contribution < 1.29 is 28.7 Å². The highest BCUT2D eigenvalue weighted by Gasteiger charge is 2.43. The van der Waals surface area contributed by atoms with Gasteiger partial charge in [-0.2, -0.15) is 0 Å². The molecule has 0 bridgehead atoms. The highest BCUT2D eigenvalue weighted by Crippen LogP contribution is 2.29.